The molecule has 2 N–H and O–H groups in total. The Morgan fingerprint density at radius 2 is 1.97 bits per heavy atom. The van der Waals surface area contributed by atoms with Gasteiger partial charge in [-0.25, -0.2) is 10.4 Å². The number of amides is 1. The second kappa shape index (κ2) is 11.6. The maximum absolute atomic E-state index is 14.1. The summed E-state index contributed by atoms with van der Waals surface area (Å²) in [7, 11) is 1.74. The number of fused-ring (bicyclic) bond motifs is 1. The molecule has 2 aromatic rings. The van der Waals surface area contributed by atoms with Gasteiger partial charge in [0.25, 0.3) is 0 Å². The second-order valence-corrected chi connectivity index (χ2v) is 11.2. The van der Waals surface area contributed by atoms with Gasteiger partial charge in [-0.1, -0.05) is 62.7 Å². The lowest BCUT2D eigenvalue weighted by Crippen LogP contribution is -2.52. The van der Waals surface area contributed by atoms with Crippen molar-refractivity contribution in [2.45, 2.75) is 102 Å². The van der Waals surface area contributed by atoms with Crippen molar-refractivity contribution in [2.24, 2.45) is 5.92 Å². The van der Waals surface area contributed by atoms with Crippen LogP contribution in [0.15, 0.2) is 22.7 Å². The molecular formula is C29H43N5O3. The molecule has 5 rings (SSSR count). The van der Waals surface area contributed by atoms with E-state index in [9.17, 15) is 4.79 Å². The van der Waals surface area contributed by atoms with Crippen molar-refractivity contribution in [2.75, 3.05) is 20.3 Å². The van der Waals surface area contributed by atoms with Crippen molar-refractivity contribution in [1.82, 2.24) is 25.9 Å². The maximum Gasteiger partial charge on any atom is 0.227 e. The summed E-state index contributed by atoms with van der Waals surface area (Å²) in [6.07, 6.45) is 12.2. The number of carbonyl (C=O) groups is 1. The van der Waals surface area contributed by atoms with Gasteiger partial charge in [-0.3, -0.25) is 4.79 Å². The van der Waals surface area contributed by atoms with E-state index in [1.807, 2.05) is 6.92 Å². The van der Waals surface area contributed by atoms with Crippen molar-refractivity contribution < 1.29 is 14.1 Å². The summed E-state index contributed by atoms with van der Waals surface area (Å²) in [4.78, 5) is 18.6. The van der Waals surface area contributed by atoms with Crippen molar-refractivity contribution in [3.05, 3.63) is 35.2 Å². The van der Waals surface area contributed by atoms with Crippen LogP contribution in [0.3, 0.4) is 0 Å². The molecular weight excluding hydrogens is 466 g/mol. The van der Waals surface area contributed by atoms with Crippen molar-refractivity contribution in [3.63, 3.8) is 0 Å². The lowest BCUT2D eigenvalue weighted by molar-refractivity contribution is -0.128. The van der Waals surface area contributed by atoms with E-state index in [2.05, 4.69) is 51.0 Å². The van der Waals surface area contributed by atoms with Crippen LogP contribution in [0.2, 0.25) is 0 Å². The highest BCUT2D eigenvalue weighted by Gasteiger charge is 2.53. The van der Waals surface area contributed by atoms with E-state index in [0.717, 1.165) is 44.2 Å². The standard InChI is InChI=1S/C29H43N5O3/c1-4-25-31-27(32-37-25)22-11-13-23-21(19-22)12-14-24(23)30-28(35)26-20(2)34(17-18-36-3)33-29(26)15-9-7-5-6-8-10-16-29/h11,13,19-20,24,26,33H,4-10,12,14-18H2,1-3H3,(H,30,35)/t20?,24-,26?/m1/s1. The molecule has 2 heterocycles. The summed E-state index contributed by atoms with van der Waals surface area (Å²) in [6, 6.07) is 6.52. The number of nitrogens with one attached hydrogen (secondary N) is 2. The second-order valence-electron chi connectivity index (χ2n) is 11.2. The third-order valence-electron chi connectivity index (χ3n) is 8.82. The molecule has 202 valence electrons. The van der Waals surface area contributed by atoms with E-state index in [1.54, 1.807) is 7.11 Å². The zero-order valence-electron chi connectivity index (χ0n) is 22.7. The van der Waals surface area contributed by atoms with Crippen LogP contribution in [0.25, 0.3) is 11.4 Å². The molecule has 1 aromatic carbocycles. The van der Waals surface area contributed by atoms with E-state index in [0.29, 0.717) is 18.3 Å². The van der Waals surface area contributed by atoms with Gasteiger partial charge in [-0.15, -0.1) is 0 Å². The normalized spacial score (nSPS) is 26.0. The first kappa shape index (κ1) is 26.3. The van der Waals surface area contributed by atoms with Gasteiger partial charge in [-0.2, -0.15) is 4.98 Å². The highest BCUT2D eigenvalue weighted by molar-refractivity contribution is 5.82. The Bertz CT molecular complexity index is 1060. The zero-order chi connectivity index (χ0) is 25.8. The third-order valence-corrected chi connectivity index (χ3v) is 8.82. The number of carbonyl (C=O) groups excluding carboxylic acids is 1. The molecule has 0 radical (unpaired) electrons. The Morgan fingerprint density at radius 1 is 1.22 bits per heavy atom. The minimum Gasteiger partial charge on any atom is -0.383 e. The van der Waals surface area contributed by atoms with Crippen LogP contribution in [-0.2, 0) is 22.4 Å². The molecule has 8 heteroatoms. The number of nitrogens with zero attached hydrogens (tertiary/aromatic N) is 3. The fourth-order valence-corrected chi connectivity index (χ4v) is 6.84. The summed E-state index contributed by atoms with van der Waals surface area (Å²) in [5, 5.41) is 9.90. The van der Waals surface area contributed by atoms with Crippen LogP contribution < -0.4 is 10.7 Å². The van der Waals surface area contributed by atoms with E-state index < -0.39 is 0 Å². The van der Waals surface area contributed by atoms with Crippen LogP contribution in [0.4, 0.5) is 0 Å². The van der Waals surface area contributed by atoms with Crippen LogP contribution >= 0.6 is 0 Å². The Balaban J connectivity index is 1.35. The van der Waals surface area contributed by atoms with Crippen molar-refractivity contribution in [3.8, 4) is 11.4 Å². The number of hydrazine groups is 1. The number of aromatic nitrogens is 2. The summed E-state index contributed by atoms with van der Waals surface area (Å²) in [5.41, 5.74) is 7.14. The first-order chi connectivity index (χ1) is 18.0. The number of ether oxygens (including phenoxy) is 1. The topological polar surface area (TPSA) is 92.5 Å². The number of methoxy groups -OCH3 is 1. The van der Waals surface area contributed by atoms with Gasteiger partial charge in [0, 0.05) is 37.2 Å². The Labute approximate surface area is 220 Å². The fraction of sp³-hybridized carbons (Fsp3) is 0.690. The molecule has 37 heavy (non-hydrogen) atoms. The minimum atomic E-state index is -0.178. The maximum atomic E-state index is 14.1. The molecule has 2 fully saturated rings. The quantitative estimate of drug-likeness (QED) is 0.557. The molecule has 1 aromatic heterocycles. The largest absolute Gasteiger partial charge is 0.383 e. The van der Waals surface area contributed by atoms with Crippen LogP contribution in [-0.4, -0.2) is 52.9 Å². The lowest BCUT2D eigenvalue weighted by atomic mass is 9.74. The number of aryl methyl sites for hydroxylation is 2. The van der Waals surface area contributed by atoms with Gasteiger partial charge >= 0.3 is 0 Å². The van der Waals surface area contributed by atoms with Crippen LogP contribution in [0, 0.1) is 5.92 Å². The highest BCUT2D eigenvalue weighted by atomic mass is 16.5. The van der Waals surface area contributed by atoms with Crippen LogP contribution in [0.5, 0.6) is 0 Å². The molecule has 2 aliphatic carbocycles. The van der Waals surface area contributed by atoms with E-state index in [-0.39, 0.29) is 29.4 Å². The van der Waals surface area contributed by atoms with Gasteiger partial charge in [0.05, 0.1) is 18.6 Å². The third kappa shape index (κ3) is 5.47. The molecule has 3 atom stereocenters. The molecule has 1 spiro atoms. The highest BCUT2D eigenvalue weighted by Crippen LogP contribution is 2.41. The van der Waals surface area contributed by atoms with Gasteiger partial charge in [-0.05, 0) is 49.8 Å². The first-order valence-electron chi connectivity index (χ1n) is 14.3. The summed E-state index contributed by atoms with van der Waals surface area (Å²) < 4.78 is 10.7. The zero-order valence-corrected chi connectivity index (χ0v) is 22.7. The Morgan fingerprint density at radius 3 is 2.68 bits per heavy atom. The van der Waals surface area contributed by atoms with E-state index >= 15 is 0 Å². The molecule has 1 aliphatic heterocycles. The minimum absolute atomic E-state index is 0.0432. The fourth-order valence-electron chi connectivity index (χ4n) is 6.84. The SMILES string of the molecule is CCc1nc(-c2ccc3c(c2)CC[C@H]3NC(=O)C2C(C)N(CCOC)NC23CCCCCCCC3)no1. The van der Waals surface area contributed by atoms with Gasteiger partial charge in [0.2, 0.25) is 17.6 Å². The smallest absolute Gasteiger partial charge is 0.227 e. The van der Waals surface area contributed by atoms with Gasteiger partial charge < -0.3 is 14.6 Å². The molecule has 1 amide bonds. The predicted octanol–water partition coefficient (Wildman–Crippen LogP) is 4.75. The summed E-state index contributed by atoms with van der Waals surface area (Å²) >= 11 is 0. The Hall–Kier alpha value is -2.29. The van der Waals surface area contributed by atoms with E-state index in [4.69, 9.17) is 9.26 Å². The summed E-state index contributed by atoms with van der Waals surface area (Å²) in [5.74, 6) is 1.39. The average Bonchev–Trinajstić information content (AvgIpc) is 3.62. The van der Waals surface area contributed by atoms with Gasteiger partial charge in [0.1, 0.15) is 0 Å². The van der Waals surface area contributed by atoms with Gasteiger partial charge in [0.15, 0.2) is 0 Å². The number of rotatable bonds is 7. The first-order valence-corrected chi connectivity index (χ1v) is 14.3. The van der Waals surface area contributed by atoms with Crippen molar-refractivity contribution >= 4 is 5.91 Å². The lowest BCUT2D eigenvalue weighted by Gasteiger charge is -2.36. The Kier molecular flexibility index (Phi) is 8.27. The van der Waals surface area contributed by atoms with Crippen molar-refractivity contribution in [1.29, 1.82) is 0 Å². The number of hydrogen-bond donors (Lipinski definition) is 2. The predicted molar refractivity (Wildman–Crippen MR) is 143 cm³/mol. The molecule has 1 saturated carbocycles. The molecule has 1 saturated heterocycles. The number of benzene rings is 1. The summed E-state index contributed by atoms with van der Waals surface area (Å²) in [6.45, 7) is 5.65. The molecule has 3 aliphatic rings. The molecule has 8 nitrogen and oxygen atoms in total. The average molecular weight is 510 g/mol. The van der Waals surface area contributed by atoms with Crippen LogP contribution in [0.1, 0.15) is 94.7 Å². The molecule has 0 bridgehead atoms. The monoisotopic (exact) mass is 509 g/mol. The molecule has 2 unspecified atom stereocenters. The van der Waals surface area contributed by atoms with E-state index in [1.165, 1.54) is 49.7 Å². The number of hydrogen-bond acceptors (Lipinski definition) is 7.